The standard InChI is InChI=1S/C14H15Cl2N3O/c1-18-6-10(5-17-18)7-19-8-12(19)9-20-14-3-2-11(15)4-13(14)16/h2-6,12H,7-9H2,1H3. The number of benzene rings is 1. The number of ether oxygens (including phenoxy) is 1. The van der Waals surface area contributed by atoms with Crippen LogP contribution in [0.15, 0.2) is 30.6 Å². The second kappa shape index (κ2) is 5.64. The Bertz CT molecular complexity index is 614. The van der Waals surface area contributed by atoms with Gasteiger partial charge in [-0.1, -0.05) is 23.2 Å². The van der Waals surface area contributed by atoms with Gasteiger partial charge < -0.3 is 4.74 Å². The molecule has 20 heavy (non-hydrogen) atoms. The first kappa shape index (κ1) is 13.7. The quantitative estimate of drug-likeness (QED) is 0.795. The molecule has 0 saturated carbocycles. The van der Waals surface area contributed by atoms with Crippen LogP contribution in [0.4, 0.5) is 0 Å². The van der Waals surface area contributed by atoms with E-state index in [0.717, 1.165) is 13.1 Å². The van der Waals surface area contributed by atoms with E-state index in [1.54, 1.807) is 18.2 Å². The van der Waals surface area contributed by atoms with Crippen LogP contribution in [0.5, 0.6) is 5.75 Å². The topological polar surface area (TPSA) is 30.1 Å². The van der Waals surface area contributed by atoms with Crippen LogP contribution in [0.1, 0.15) is 5.56 Å². The van der Waals surface area contributed by atoms with E-state index in [-0.39, 0.29) is 0 Å². The predicted octanol–water partition coefficient (Wildman–Crippen LogP) is 2.99. The third-order valence-corrected chi connectivity index (χ3v) is 3.83. The predicted molar refractivity (Wildman–Crippen MR) is 79.4 cm³/mol. The van der Waals surface area contributed by atoms with Gasteiger partial charge >= 0.3 is 0 Å². The molecule has 0 aliphatic carbocycles. The fraction of sp³-hybridized carbons (Fsp3) is 0.357. The Labute approximate surface area is 127 Å². The second-order valence-electron chi connectivity index (χ2n) is 4.99. The van der Waals surface area contributed by atoms with Crippen molar-refractivity contribution in [3.05, 3.63) is 46.2 Å². The molecular formula is C14H15Cl2N3O. The van der Waals surface area contributed by atoms with Crippen LogP contribution in [0.25, 0.3) is 0 Å². The third kappa shape index (κ3) is 3.26. The van der Waals surface area contributed by atoms with Crippen molar-refractivity contribution >= 4 is 23.2 Å². The Morgan fingerprint density at radius 3 is 2.95 bits per heavy atom. The van der Waals surface area contributed by atoms with Crippen LogP contribution in [0.2, 0.25) is 10.0 Å². The van der Waals surface area contributed by atoms with Crippen molar-refractivity contribution in [1.82, 2.24) is 14.7 Å². The molecule has 106 valence electrons. The van der Waals surface area contributed by atoms with Gasteiger partial charge in [0.1, 0.15) is 12.4 Å². The molecule has 1 aliphatic heterocycles. The summed E-state index contributed by atoms with van der Waals surface area (Å²) in [5.41, 5.74) is 1.22. The van der Waals surface area contributed by atoms with Gasteiger partial charge in [-0.2, -0.15) is 5.10 Å². The van der Waals surface area contributed by atoms with E-state index in [0.29, 0.717) is 28.4 Å². The average molecular weight is 312 g/mol. The van der Waals surface area contributed by atoms with Crippen LogP contribution in [-0.2, 0) is 13.6 Å². The number of aryl methyl sites for hydroxylation is 1. The van der Waals surface area contributed by atoms with E-state index in [2.05, 4.69) is 10.00 Å². The zero-order chi connectivity index (χ0) is 14.1. The largest absolute Gasteiger partial charge is 0.490 e. The Balaban J connectivity index is 1.49. The minimum absolute atomic E-state index is 0.446. The summed E-state index contributed by atoms with van der Waals surface area (Å²) in [6.07, 6.45) is 3.93. The minimum Gasteiger partial charge on any atom is -0.490 e. The van der Waals surface area contributed by atoms with Crippen molar-refractivity contribution in [3.8, 4) is 5.75 Å². The summed E-state index contributed by atoms with van der Waals surface area (Å²) in [4.78, 5) is 2.33. The van der Waals surface area contributed by atoms with E-state index < -0.39 is 0 Å². The maximum atomic E-state index is 6.07. The normalized spacial score (nSPS) is 20.9. The van der Waals surface area contributed by atoms with E-state index in [4.69, 9.17) is 27.9 Å². The van der Waals surface area contributed by atoms with Gasteiger partial charge in [0.2, 0.25) is 0 Å². The first-order valence-electron chi connectivity index (χ1n) is 6.41. The maximum Gasteiger partial charge on any atom is 0.138 e. The molecule has 2 unspecified atom stereocenters. The molecule has 0 N–H and O–H groups in total. The Morgan fingerprint density at radius 1 is 1.40 bits per heavy atom. The number of halogens is 2. The molecule has 2 aromatic rings. The molecule has 0 amide bonds. The van der Waals surface area contributed by atoms with E-state index in [1.165, 1.54) is 5.56 Å². The van der Waals surface area contributed by atoms with Gasteiger partial charge in [0.25, 0.3) is 0 Å². The van der Waals surface area contributed by atoms with Gasteiger partial charge in [0.15, 0.2) is 0 Å². The van der Waals surface area contributed by atoms with Crippen LogP contribution in [-0.4, -0.2) is 33.9 Å². The fourth-order valence-corrected chi connectivity index (χ4v) is 2.60. The van der Waals surface area contributed by atoms with Crippen molar-refractivity contribution < 1.29 is 4.74 Å². The summed E-state index contributed by atoms with van der Waals surface area (Å²) in [6.45, 7) is 2.60. The molecule has 1 aromatic heterocycles. The van der Waals surface area contributed by atoms with E-state index >= 15 is 0 Å². The Morgan fingerprint density at radius 2 is 2.25 bits per heavy atom. The number of aromatic nitrogens is 2. The molecule has 0 spiro atoms. The highest BCUT2D eigenvalue weighted by molar-refractivity contribution is 6.35. The van der Waals surface area contributed by atoms with Crippen molar-refractivity contribution in [2.45, 2.75) is 12.6 Å². The highest BCUT2D eigenvalue weighted by Gasteiger charge is 2.34. The van der Waals surface area contributed by atoms with Crippen LogP contribution < -0.4 is 4.74 Å². The summed E-state index contributed by atoms with van der Waals surface area (Å²) < 4.78 is 7.55. The molecule has 3 rings (SSSR count). The SMILES string of the molecule is Cn1cc(CN2CC2COc2ccc(Cl)cc2Cl)cn1. The average Bonchev–Trinajstić information content (AvgIpc) is 3.00. The zero-order valence-electron chi connectivity index (χ0n) is 11.1. The van der Waals surface area contributed by atoms with E-state index in [9.17, 15) is 0 Å². The molecule has 6 heteroatoms. The second-order valence-corrected chi connectivity index (χ2v) is 5.83. The first-order chi connectivity index (χ1) is 9.61. The fourth-order valence-electron chi connectivity index (χ4n) is 2.14. The molecule has 1 aliphatic rings. The summed E-state index contributed by atoms with van der Waals surface area (Å²) in [5, 5.41) is 5.34. The molecule has 2 atom stereocenters. The zero-order valence-corrected chi connectivity index (χ0v) is 12.6. The molecule has 4 nitrogen and oxygen atoms in total. The van der Waals surface area contributed by atoms with E-state index in [1.807, 2.05) is 24.1 Å². The lowest BCUT2D eigenvalue weighted by Gasteiger charge is -2.08. The Kier molecular flexibility index (Phi) is 3.87. The van der Waals surface area contributed by atoms with Gasteiger partial charge in [-0.25, -0.2) is 0 Å². The molecular weight excluding hydrogens is 297 g/mol. The number of rotatable bonds is 5. The number of hydrogen-bond donors (Lipinski definition) is 0. The van der Waals surface area contributed by atoms with Gasteiger partial charge in [-0.3, -0.25) is 9.58 Å². The van der Waals surface area contributed by atoms with Gasteiger partial charge in [-0.05, 0) is 18.2 Å². The minimum atomic E-state index is 0.446. The van der Waals surface area contributed by atoms with Crippen molar-refractivity contribution in [2.75, 3.05) is 13.2 Å². The highest BCUT2D eigenvalue weighted by Crippen LogP contribution is 2.29. The Hall–Kier alpha value is -1.23. The highest BCUT2D eigenvalue weighted by atomic mass is 35.5. The third-order valence-electron chi connectivity index (χ3n) is 3.30. The smallest absolute Gasteiger partial charge is 0.138 e. The summed E-state index contributed by atoms with van der Waals surface area (Å²) in [6, 6.07) is 5.72. The first-order valence-corrected chi connectivity index (χ1v) is 7.17. The maximum absolute atomic E-state index is 6.07. The van der Waals surface area contributed by atoms with Gasteiger partial charge in [-0.15, -0.1) is 0 Å². The molecule has 1 aromatic carbocycles. The van der Waals surface area contributed by atoms with Crippen molar-refractivity contribution in [2.24, 2.45) is 7.05 Å². The molecule has 0 bridgehead atoms. The van der Waals surface area contributed by atoms with Crippen molar-refractivity contribution in [3.63, 3.8) is 0 Å². The summed E-state index contributed by atoms with van der Waals surface area (Å²) >= 11 is 11.9. The van der Waals surface area contributed by atoms with Crippen molar-refractivity contribution in [1.29, 1.82) is 0 Å². The summed E-state index contributed by atoms with van der Waals surface area (Å²) in [5.74, 6) is 0.685. The lowest BCUT2D eigenvalue weighted by molar-refractivity contribution is 0.293. The van der Waals surface area contributed by atoms with Crippen LogP contribution >= 0.6 is 23.2 Å². The van der Waals surface area contributed by atoms with Gasteiger partial charge in [0, 0.05) is 36.9 Å². The monoisotopic (exact) mass is 311 g/mol. The molecule has 1 fully saturated rings. The van der Waals surface area contributed by atoms with Crippen LogP contribution in [0, 0.1) is 0 Å². The van der Waals surface area contributed by atoms with Crippen LogP contribution in [0.3, 0.4) is 0 Å². The number of hydrogen-bond acceptors (Lipinski definition) is 3. The molecule has 2 heterocycles. The number of nitrogens with zero attached hydrogens (tertiary/aromatic N) is 3. The lowest BCUT2D eigenvalue weighted by atomic mass is 10.3. The van der Waals surface area contributed by atoms with Gasteiger partial charge in [0.05, 0.1) is 17.3 Å². The molecule has 0 radical (unpaired) electrons. The molecule has 1 saturated heterocycles. The lowest BCUT2D eigenvalue weighted by Crippen LogP contribution is -2.10. The summed E-state index contributed by atoms with van der Waals surface area (Å²) in [7, 11) is 1.93.